The van der Waals surface area contributed by atoms with Gasteiger partial charge in [0.15, 0.2) is 0 Å². The molecule has 1 fully saturated rings. The van der Waals surface area contributed by atoms with Gasteiger partial charge in [-0.3, -0.25) is 4.40 Å². The van der Waals surface area contributed by atoms with Gasteiger partial charge in [0, 0.05) is 19.4 Å². The first kappa shape index (κ1) is 11.5. The molecule has 0 aromatic carbocycles. The molecule has 2 aromatic rings. The highest BCUT2D eigenvalue weighted by Crippen LogP contribution is 2.26. The number of fused-ring (bicyclic) bond motifs is 1. The summed E-state index contributed by atoms with van der Waals surface area (Å²) in [5, 5.41) is 10.2. The number of pyridine rings is 1. The molecule has 0 aliphatic heterocycles. The van der Waals surface area contributed by atoms with Gasteiger partial charge in [-0.05, 0) is 25.0 Å². The van der Waals surface area contributed by atoms with E-state index in [0.717, 1.165) is 30.7 Å². The van der Waals surface area contributed by atoms with Crippen LogP contribution >= 0.6 is 0 Å². The van der Waals surface area contributed by atoms with E-state index in [-0.39, 0.29) is 12.1 Å². The number of hydrogen-bond acceptors (Lipinski definition) is 3. The first-order valence-corrected chi connectivity index (χ1v) is 6.60. The molecule has 1 N–H and O–H groups in total. The lowest BCUT2D eigenvalue weighted by Crippen LogP contribution is -2.44. The van der Waals surface area contributed by atoms with Gasteiger partial charge in [-0.1, -0.05) is 18.9 Å². The van der Waals surface area contributed by atoms with Crippen molar-refractivity contribution in [1.29, 1.82) is 0 Å². The van der Waals surface area contributed by atoms with E-state index in [0.29, 0.717) is 0 Å². The van der Waals surface area contributed by atoms with Crippen LogP contribution in [0.15, 0.2) is 30.6 Å². The van der Waals surface area contributed by atoms with Gasteiger partial charge in [0.2, 0.25) is 0 Å². The number of aliphatic hydroxyl groups excluding tert-OH is 1. The molecule has 0 bridgehead atoms. The molecule has 4 nitrogen and oxygen atoms in total. The number of imidazole rings is 1. The third kappa shape index (κ3) is 1.86. The van der Waals surface area contributed by atoms with Crippen LogP contribution in [0, 0.1) is 0 Å². The zero-order valence-corrected chi connectivity index (χ0v) is 10.7. The fraction of sp³-hybridized carbons (Fsp3) is 0.500. The standard InChI is InChI=1S/C14H19N3O/c1-16(11-5-2-3-6-12(11)18)14-8-4-7-13-15-9-10-17(13)14/h4,7-12,18H,2-3,5-6H2,1H3. The van der Waals surface area contributed by atoms with Crippen molar-refractivity contribution in [3.8, 4) is 0 Å². The quantitative estimate of drug-likeness (QED) is 0.880. The summed E-state index contributed by atoms with van der Waals surface area (Å²) in [6.45, 7) is 0. The lowest BCUT2D eigenvalue weighted by molar-refractivity contribution is 0.106. The highest BCUT2D eigenvalue weighted by atomic mass is 16.3. The van der Waals surface area contributed by atoms with E-state index in [9.17, 15) is 5.11 Å². The molecule has 2 unspecified atom stereocenters. The van der Waals surface area contributed by atoms with Gasteiger partial charge in [-0.25, -0.2) is 4.98 Å². The van der Waals surface area contributed by atoms with Crippen LogP contribution < -0.4 is 4.90 Å². The fourth-order valence-corrected chi connectivity index (χ4v) is 2.93. The molecular weight excluding hydrogens is 226 g/mol. The van der Waals surface area contributed by atoms with E-state index >= 15 is 0 Å². The second kappa shape index (κ2) is 4.61. The van der Waals surface area contributed by atoms with Crippen LogP contribution in [-0.4, -0.2) is 33.7 Å². The summed E-state index contributed by atoms with van der Waals surface area (Å²) in [5.74, 6) is 1.09. The van der Waals surface area contributed by atoms with E-state index in [1.54, 1.807) is 0 Å². The number of aliphatic hydroxyl groups is 1. The molecule has 3 rings (SSSR count). The van der Waals surface area contributed by atoms with Gasteiger partial charge in [0.1, 0.15) is 11.5 Å². The van der Waals surface area contributed by atoms with Crippen LogP contribution in [0.25, 0.3) is 5.65 Å². The fourth-order valence-electron chi connectivity index (χ4n) is 2.93. The predicted octanol–water partition coefficient (Wildman–Crippen LogP) is 2.07. The molecule has 1 saturated carbocycles. The minimum Gasteiger partial charge on any atom is -0.391 e. The van der Waals surface area contributed by atoms with Crippen molar-refractivity contribution in [3.63, 3.8) is 0 Å². The van der Waals surface area contributed by atoms with Crippen LogP contribution in [0.2, 0.25) is 0 Å². The number of hydrogen-bond donors (Lipinski definition) is 1. The molecule has 4 heteroatoms. The van der Waals surface area contributed by atoms with Gasteiger partial charge in [0.05, 0.1) is 12.1 Å². The minimum absolute atomic E-state index is 0.215. The molecule has 1 aliphatic rings. The summed E-state index contributed by atoms with van der Waals surface area (Å²) < 4.78 is 2.07. The summed E-state index contributed by atoms with van der Waals surface area (Å²) in [7, 11) is 2.06. The topological polar surface area (TPSA) is 40.8 Å². The molecular formula is C14H19N3O. The summed E-state index contributed by atoms with van der Waals surface area (Å²) in [4.78, 5) is 6.49. The van der Waals surface area contributed by atoms with E-state index < -0.39 is 0 Å². The number of aromatic nitrogens is 2. The molecule has 0 spiro atoms. The Kier molecular flexibility index (Phi) is 2.96. The largest absolute Gasteiger partial charge is 0.391 e. The van der Waals surface area contributed by atoms with Crippen LogP contribution in [0.5, 0.6) is 0 Å². The lowest BCUT2D eigenvalue weighted by atomic mass is 9.91. The highest BCUT2D eigenvalue weighted by Gasteiger charge is 2.27. The summed E-state index contributed by atoms with van der Waals surface area (Å²) in [6.07, 6.45) is 7.87. The maximum atomic E-state index is 10.2. The van der Waals surface area contributed by atoms with E-state index in [4.69, 9.17) is 0 Å². The minimum atomic E-state index is -0.220. The lowest BCUT2D eigenvalue weighted by Gasteiger charge is -2.36. The summed E-state index contributed by atoms with van der Waals surface area (Å²) in [6, 6.07) is 6.31. The Balaban J connectivity index is 1.95. The van der Waals surface area contributed by atoms with E-state index in [1.807, 2.05) is 24.5 Å². The Morgan fingerprint density at radius 3 is 3.00 bits per heavy atom. The Morgan fingerprint density at radius 1 is 1.33 bits per heavy atom. The van der Waals surface area contributed by atoms with Gasteiger partial charge in [0.25, 0.3) is 0 Å². The Labute approximate surface area is 107 Å². The molecule has 2 atom stereocenters. The normalized spacial score (nSPS) is 24.3. The molecule has 1 aliphatic carbocycles. The number of rotatable bonds is 2. The molecule has 2 aromatic heterocycles. The number of likely N-dealkylation sites (N-methyl/N-ethyl adjacent to an activating group) is 1. The van der Waals surface area contributed by atoms with Crippen LogP contribution in [0.1, 0.15) is 25.7 Å². The van der Waals surface area contributed by atoms with Crippen molar-refractivity contribution < 1.29 is 5.11 Å². The SMILES string of the molecule is CN(c1cccc2nccn12)C1CCCCC1O. The van der Waals surface area contributed by atoms with E-state index in [2.05, 4.69) is 27.4 Å². The van der Waals surface area contributed by atoms with Crippen molar-refractivity contribution in [2.75, 3.05) is 11.9 Å². The average Bonchev–Trinajstić information content (AvgIpc) is 2.86. The van der Waals surface area contributed by atoms with Crippen LogP contribution in [0.3, 0.4) is 0 Å². The third-order valence-corrected chi connectivity index (χ3v) is 3.96. The van der Waals surface area contributed by atoms with Crippen molar-refractivity contribution in [2.45, 2.75) is 37.8 Å². The van der Waals surface area contributed by atoms with Gasteiger partial charge in [-0.15, -0.1) is 0 Å². The third-order valence-electron chi connectivity index (χ3n) is 3.96. The smallest absolute Gasteiger partial charge is 0.138 e. The van der Waals surface area contributed by atoms with Crippen molar-refractivity contribution >= 4 is 11.5 Å². The Hall–Kier alpha value is -1.55. The zero-order chi connectivity index (χ0) is 12.5. The molecule has 18 heavy (non-hydrogen) atoms. The number of anilines is 1. The van der Waals surface area contributed by atoms with Gasteiger partial charge in [-0.2, -0.15) is 0 Å². The molecule has 2 heterocycles. The van der Waals surface area contributed by atoms with Gasteiger partial charge >= 0.3 is 0 Å². The summed E-state index contributed by atoms with van der Waals surface area (Å²) >= 11 is 0. The molecule has 0 saturated heterocycles. The van der Waals surface area contributed by atoms with Crippen LogP contribution in [-0.2, 0) is 0 Å². The first-order valence-electron chi connectivity index (χ1n) is 6.60. The first-order chi connectivity index (χ1) is 8.77. The maximum Gasteiger partial charge on any atom is 0.138 e. The molecule has 0 amide bonds. The second-order valence-electron chi connectivity index (χ2n) is 5.07. The Morgan fingerprint density at radius 2 is 2.17 bits per heavy atom. The van der Waals surface area contributed by atoms with Crippen molar-refractivity contribution in [2.24, 2.45) is 0 Å². The average molecular weight is 245 g/mol. The Bertz CT molecular complexity index is 537. The van der Waals surface area contributed by atoms with Crippen molar-refractivity contribution in [1.82, 2.24) is 9.38 Å². The second-order valence-corrected chi connectivity index (χ2v) is 5.07. The summed E-state index contributed by atoms with van der Waals surface area (Å²) in [5.41, 5.74) is 0.949. The number of nitrogens with zero attached hydrogens (tertiary/aromatic N) is 3. The zero-order valence-electron chi connectivity index (χ0n) is 10.7. The molecule has 96 valence electrons. The van der Waals surface area contributed by atoms with Crippen molar-refractivity contribution in [3.05, 3.63) is 30.6 Å². The van der Waals surface area contributed by atoms with Crippen LogP contribution in [0.4, 0.5) is 5.82 Å². The highest BCUT2D eigenvalue weighted by molar-refractivity contribution is 5.51. The predicted molar refractivity (Wildman–Crippen MR) is 71.9 cm³/mol. The van der Waals surface area contributed by atoms with Gasteiger partial charge < -0.3 is 10.0 Å². The maximum absolute atomic E-state index is 10.2. The monoisotopic (exact) mass is 245 g/mol. The molecule has 0 radical (unpaired) electrons. The van der Waals surface area contributed by atoms with E-state index in [1.165, 1.54) is 6.42 Å².